The molecule has 0 aromatic carbocycles. The fourth-order valence-electron chi connectivity index (χ4n) is 1.92. The number of carbonyl (C=O) groups excluding carboxylic acids is 1. The third-order valence-electron chi connectivity index (χ3n) is 3.10. The molecule has 2 N–H and O–H groups in total. The summed E-state index contributed by atoms with van der Waals surface area (Å²) in [7, 11) is 1.71. The first-order chi connectivity index (χ1) is 7.60. The molecule has 0 bridgehead atoms. The van der Waals surface area contributed by atoms with Crippen molar-refractivity contribution < 1.29 is 9.53 Å². The third kappa shape index (κ3) is 1.45. The zero-order valence-corrected chi connectivity index (χ0v) is 9.56. The second-order valence-corrected chi connectivity index (χ2v) is 4.07. The molecule has 0 unspecified atom stereocenters. The molecule has 1 aromatic rings. The Kier molecular flexibility index (Phi) is 2.57. The zero-order chi connectivity index (χ0) is 11.8. The van der Waals surface area contributed by atoms with Gasteiger partial charge in [-0.3, -0.25) is 4.79 Å². The number of aromatic nitrogens is 3. The fourth-order valence-corrected chi connectivity index (χ4v) is 1.92. The van der Waals surface area contributed by atoms with E-state index in [9.17, 15) is 4.79 Å². The molecule has 1 aromatic heterocycles. The topological polar surface area (TPSA) is 83.0 Å². The van der Waals surface area contributed by atoms with Crippen LogP contribution in [0.5, 0.6) is 0 Å². The van der Waals surface area contributed by atoms with Crippen LogP contribution in [-0.4, -0.2) is 27.3 Å². The summed E-state index contributed by atoms with van der Waals surface area (Å²) in [5.74, 6) is 0.592. The second-order valence-electron chi connectivity index (χ2n) is 4.07. The lowest BCUT2D eigenvalue weighted by Gasteiger charge is -2.36. The smallest absolute Gasteiger partial charge is 0.319 e. The normalized spacial score (nSPS) is 17.9. The Labute approximate surface area is 93.8 Å². The molecular formula is C10H16N4O2. The maximum atomic E-state index is 11.9. The molecule has 2 rings (SSSR count). The molecule has 1 fully saturated rings. The highest BCUT2D eigenvalue weighted by Crippen LogP contribution is 2.43. The van der Waals surface area contributed by atoms with Gasteiger partial charge in [0.1, 0.15) is 5.41 Å². The molecule has 6 heteroatoms. The predicted molar refractivity (Wildman–Crippen MR) is 57.6 cm³/mol. The van der Waals surface area contributed by atoms with Crippen LogP contribution in [0.4, 0.5) is 5.95 Å². The van der Waals surface area contributed by atoms with Crippen LogP contribution in [0, 0.1) is 0 Å². The molecule has 1 saturated carbocycles. The van der Waals surface area contributed by atoms with Gasteiger partial charge in [-0.05, 0) is 19.8 Å². The van der Waals surface area contributed by atoms with Gasteiger partial charge in [-0.1, -0.05) is 6.42 Å². The molecule has 1 heterocycles. The summed E-state index contributed by atoms with van der Waals surface area (Å²) in [6.45, 7) is 2.17. The largest absolute Gasteiger partial charge is 0.465 e. The first-order valence-corrected chi connectivity index (χ1v) is 5.44. The zero-order valence-electron chi connectivity index (χ0n) is 9.56. The molecule has 0 radical (unpaired) electrons. The van der Waals surface area contributed by atoms with Gasteiger partial charge < -0.3 is 10.5 Å². The fraction of sp³-hybridized carbons (Fsp3) is 0.700. The molecule has 1 aliphatic rings. The van der Waals surface area contributed by atoms with Crippen LogP contribution in [0.25, 0.3) is 0 Å². The van der Waals surface area contributed by atoms with Gasteiger partial charge in [0, 0.05) is 7.05 Å². The van der Waals surface area contributed by atoms with Crippen LogP contribution in [0.3, 0.4) is 0 Å². The Morgan fingerprint density at radius 2 is 2.31 bits per heavy atom. The highest BCUT2D eigenvalue weighted by atomic mass is 16.5. The van der Waals surface area contributed by atoms with E-state index in [-0.39, 0.29) is 5.97 Å². The number of esters is 1. The standard InChI is InChI=1S/C10H16N4O2/c1-3-16-8(15)10(5-4-6-10)7-12-9(11)14(2)13-7/h3-6H2,1-2H3,(H2,11,12,13). The van der Waals surface area contributed by atoms with E-state index in [1.54, 1.807) is 14.0 Å². The summed E-state index contributed by atoms with van der Waals surface area (Å²) in [5.41, 5.74) is 4.98. The number of nitrogens with two attached hydrogens (primary N) is 1. The van der Waals surface area contributed by atoms with Crippen LogP contribution >= 0.6 is 0 Å². The Morgan fingerprint density at radius 3 is 2.69 bits per heavy atom. The summed E-state index contributed by atoms with van der Waals surface area (Å²) >= 11 is 0. The van der Waals surface area contributed by atoms with E-state index in [4.69, 9.17) is 10.5 Å². The van der Waals surface area contributed by atoms with Gasteiger partial charge in [-0.15, -0.1) is 0 Å². The van der Waals surface area contributed by atoms with Gasteiger partial charge in [0.15, 0.2) is 5.82 Å². The first-order valence-electron chi connectivity index (χ1n) is 5.44. The number of carbonyl (C=O) groups is 1. The minimum absolute atomic E-state index is 0.230. The average molecular weight is 224 g/mol. The van der Waals surface area contributed by atoms with Crippen molar-refractivity contribution in [3.05, 3.63) is 5.82 Å². The number of ether oxygens (including phenoxy) is 1. The number of rotatable bonds is 3. The lowest BCUT2D eigenvalue weighted by molar-refractivity contribution is -0.154. The van der Waals surface area contributed by atoms with Crippen molar-refractivity contribution in [2.24, 2.45) is 7.05 Å². The molecule has 0 aliphatic heterocycles. The Balaban J connectivity index is 2.31. The van der Waals surface area contributed by atoms with Crippen molar-refractivity contribution in [2.75, 3.05) is 12.3 Å². The SMILES string of the molecule is CCOC(=O)C1(c2nc(N)n(C)n2)CCC1. The molecule has 88 valence electrons. The molecule has 6 nitrogen and oxygen atoms in total. The van der Waals surface area contributed by atoms with Crippen LogP contribution in [0.1, 0.15) is 32.0 Å². The van der Waals surface area contributed by atoms with Crippen molar-refractivity contribution in [2.45, 2.75) is 31.6 Å². The van der Waals surface area contributed by atoms with Gasteiger partial charge in [-0.2, -0.15) is 10.1 Å². The number of nitrogens with zero attached hydrogens (tertiary/aromatic N) is 3. The van der Waals surface area contributed by atoms with Crippen LogP contribution < -0.4 is 5.73 Å². The van der Waals surface area contributed by atoms with E-state index in [2.05, 4.69) is 10.1 Å². The molecule has 0 spiro atoms. The van der Waals surface area contributed by atoms with E-state index >= 15 is 0 Å². The molecular weight excluding hydrogens is 208 g/mol. The summed E-state index contributed by atoms with van der Waals surface area (Å²) in [4.78, 5) is 16.1. The van der Waals surface area contributed by atoms with Crippen LogP contribution in [-0.2, 0) is 22.0 Å². The summed E-state index contributed by atoms with van der Waals surface area (Å²) in [6.07, 6.45) is 2.49. The van der Waals surface area contributed by atoms with Crippen LogP contribution in [0.15, 0.2) is 0 Å². The molecule has 16 heavy (non-hydrogen) atoms. The van der Waals surface area contributed by atoms with E-state index in [0.717, 1.165) is 19.3 Å². The van der Waals surface area contributed by atoms with Crippen molar-refractivity contribution in [1.29, 1.82) is 0 Å². The Bertz CT molecular complexity index is 389. The quantitative estimate of drug-likeness (QED) is 0.750. The number of hydrogen-bond donors (Lipinski definition) is 1. The van der Waals surface area contributed by atoms with Crippen molar-refractivity contribution >= 4 is 11.9 Å². The summed E-state index contributed by atoms with van der Waals surface area (Å²) < 4.78 is 6.56. The third-order valence-corrected chi connectivity index (χ3v) is 3.10. The Morgan fingerprint density at radius 1 is 1.62 bits per heavy atom. The molecule has 0 atom stereocenters. The maximum Gasteiger partial charge on any atom is 0.319 e. The van der Waals surface area contributed by atoms with Gasteiger partial charge in [0.25, 0.3) is 0 Å². The van der Waals surface area contributed by atoms with Gasteiger partial charge >= 0.3 is 5.97 Å². The molecule has 0 saturated heterocycles. The number of nitrogen functional groups attached to an aromatic ring is 1. The monoisotopic (exact) mass is 224 g/mol. The maximum absolute atomic E-state index is 11.9. The van der Waals surface area contributed by atoms with E-state index in [1.807, 2.05) is 0 Å². The van der Waals surface area contributed by atoms with E-state index in [0.29, 0.717) is 18.4 Å². The molecule has 1 aliphatic carbocycles. The highest BCUT2D eigenvalue weighted by Gasteiger charge is 2.50. The lowest BCUT2D eigenvalue weighted by atomic mass is 9.68. The summed E-state index contributed by atoms with van der Waals surface area (Å²) in [6, 6.07) is 0. The highest BCUT2D eigenvalue weighted by molar-refractivity contribution is 5.83. The van der Waals surface area contributed by atoms with Crippen LogP contribution in [0.2, 0.25) is 0 Å². The van der Waals surface area contributed by atoms with E-state index in [1.165, 1.54) is 4.68 Å². The van der Waals surface area contributed by atoms with Crippen molar-refractivity contribution in [3.63, 3.8) is 0 Å². The molecule has 0 amide bonds. The van der Waals surface area contributed by atoms with Gasteiger partial charge in [-0.25, -0.2) is 4.68 Å². The number of hydrogen-bond acceptors (Lipinski definition) is 5. The van der Waals surface area contributed by atoms with E-state index < -0.39 is 5.41 Å². The van der Waals surface area contributed by atoms with Crippen molar-refractivity contribution in [1.82, 2.24) is 14.8 Å². The predicted octanol–water partition coefficient (Wildman–Crippen LogP) is 0.382. The number of aryl methyl sites for hydroxylation is 1. The van der Waals surface area contributed by atoms with Crippen molar-refractivity contribution in [3.8, 4) is 0 Å². The van der Waals surface area contributed by atoms with Gasteiger partial charge in [0.2, 0.25) is 5.95 Å². The first kappa shape index (κ1) is 10.9. The number of anilines is 1. The second kappa shape index (κ2) is 3.77. The minimum Gasteiger partial charge on any atom is -0.465 e. The average Bonchev–Trinajstić information content (AvgIpc) is 2.45. The lowest BCUT2D eigenvalue weighted by Crippen LogP contribution is -2.44. The Hall–Kier alpha value is -1.59. The minimum atomic E-state index is -0.647. The van der Waals surface area contributed by atoms with Gasteiger partial charge in [0.05, 0.1) is 6.61 Å². The summed E-state index contributed by atoms with van der Waals surface area (Å²) in [5, 5.41) is 4.19.